The van der Waals surface area contributed by atoms with E-state index >= 15 is 0 Å². The van der Waals surface area contributed by atoms with E-state index in [0.717, 1.165) is 19.3 Å². The number of aliphatic carboxylic acids is 1. The maximum absolute atomic E-state index is 10.6. The van der Waals surface area contributed by atoms with Crippen LogP contribution in [0.1, 0.15) is 135 Å². The third kappa shape index (κ3) is 32.9. The van der Waals surface area contributed by atoms with Crippen LogP contribution in [0, 0.1) is 0 Å². The summed E-state index contributed by atoms with van der Waals surface area (Å²) in [5.74, 6) is -2.76. The van der Waals surface area contributed by atoms with Crippen molar-refractivity contribution in [3.8, 4) is 0 Å². The van der Waals surface area contributed by atoms with Crippen LogP contribution in [0.3, 0.4) is 0 Å². The number of rotatable bonds is 24. The Morgan fingerprint density at radius 3 is 1.29 bits per heavy atom. The number of aldehydes is 1. The first-order valence-electron chi connectivity index (χ1n) is 13.8. The molecule has 5 nitrogen and oxygen atoms in total. The van der Waals surface area contributed by atoms with Crippen LogP contribution < -0.4 is 5.73 Å². The smallest absolute Gasteiger partial charge is 0.475 e. The zero-order valence-corrected chi connectivity index (χ0v) is 22.1. The molecule has 0 aliphatic rings. The third-order valence-corrected chi connectivity index (χ3v) is 5.87. The molecule has 8 heteroatoms. The minimum Gasteiger partial charge on any atom is -0.475 e. The number of alkyl halides is 3. The maximum Gasteiger partial charge on any atom is 0.490 e. The second-order valence-corrected chi connectivity index (χ2v) is 9.40. The fourth-order valence-corrected chi connectivity index (χ4v) is 3.72. The van der Waals surface area contributed by atoms with Crippen LogP contribution in [0.5, 0.6) is 0 Å². The summed E-state index contributed by atoms with van der Waals surface area (Å²) in [5.41, 5.74) is 5.47. The van der Waals surface area contributed by atoms with Gasteiger partial charge in [0.1, 0.15) is 6.29 Å². The lowest BCUT2D eigenvalue weighted by atomic mass is 10.0. The van der Waals surface area contributed by atoms with Crippen molar-refractivity contribution in [1.82, 2.24) is 0 Å². The average molecular weight is 512 g/mol. The van der Waals surface area contributed by atoms with Crippen LogP contribution in [0.2, 0.25) is 0 Å². The second kappa shape index (κ2) is 27.4. The Morgan fingerprint density at radius 2 is 1.03 bits per heavy atom. The molecule has 35 heavy (non-hydrogen) atoms. The second-order valence-electron chi connectivity index (χ2n) is 9.40. The normalized spacial score (nSPS) is 12.1. The summed E-state index contributed by atoms with van der Waals surface area (Å²) in [6.07, 6.45) is 23.6. The van der Waals surface area contributed by atoms with Crippen molar-refractivity contribution in [2.24, 2.45) is 5.73 Å². The molecule has 0 aliphatic heterocycles. The van der Waals surface area contributed by atoms with Crippen LogP contribution in [0.15, 0.2) is 0 Å². The monoisotopic (exact) mass is 511 g/mol. The van der Waals surface area contributed by atoms with Gasteiger partial charge in [0.2, 0.25) is 0 Å². The highest BCUT2D eigenvalue weighted by molar-refractivity contribution is 5.73. The Balaban J connectivity index is 0. The lowest BCUT2D eigenvalue weighted by Crippen LogP contribution is -2.27. The van der Waals surface area contributed by atoms with Gasteiger partial charge in [0.05, 0.1) is 12.6 Å². The standard InChI is InChI=1S/C25H51NO2.C2HF3O2/c1-2-3-4-5-6-7-8-9-10-11-12-13-14-15-16-17-18-19-20-21-22-28-24-25(26)23-27;3-2(4,5)1(6)7/h23,25H,2-22,24,26H2,1H3;(H,6,7). The van der Waals surface area contributed by atoms with Crippen molar-refractivity contribution in [1.29, 1.82) is 0 Å². The van der Waals surface area contributed by atoms with Gasteiger partial charge in [0, 0.05) is 6.61 Å². The summed E-state index contributed by atoms with van der Waals surface area (Å²) in [6.45, 7) is 3.39. The van der Waals surface area contributed by atoms with E-state index in [1.807, 2.05) is 0 Å². The minimum atomic E-state index is -5.08. The Labute approximate surface area is 211 Å². The predicted molar refractivity (Wildman–Crippen MR) is 137 cm³/mol. The van der Waals surface area contributed by atoms with E-state index in [-0.39, 0.29) is 0 Å². The van der Waals surface area contributed by atoms with Crippen molar-refractivity contribution in [3.05, 3.63) is 0 Å². The molecule has 0 aromatic heterocycles. The van der Waals surface area contributed by atoms with Crippen molar-refractivity contribution < 1.29 is 32.6 Å². The Morgan fingerprint density at radius 1 is 0.743 bits per heavy atom. The molecule has 0 rings (SSSR count). The number of carboxylic acid groups (broad SMARTS) is 1. The van der Waals surface area contributed by atoms with E-state index in [1.165, 1.54) is 122 Å². The molecule has 0 bridgehead atoms. The van der Waals surface area contributed by atoms with Gasteiger partial charge < -0.3 is 20.4 Å². The van der Waals surface area contributed by atoms with Gasteiger partial charge >= 0.3 is 12.1 Å². The topological polar surface area (TPSA) is 89.6 Å². The van der Waals surface area contributed by atoms with Gasteiger partial charge in [-0.05, 0) is 6.42 Å². The first-order chi connectivity index (χ1) is 16.8. The van der Waals surface area contributed by atoms with Crippen molar-refractivity contribution in [2.45, 2.75) is 148 Å². The van der Waals surface area contributed by atoms with E-state index in [9.17, 15) is 18.0 Å². The summed E-state index contributed by atoms with van der Waals surface area (Å²) >= 11 is 0. The molecule has 0 fully saturated rings. The molecule has 0 heterocycles. The Hall–Kier alpha value is -1.15. The molecule has 0 aromatic carbocycles. The largest absolute Gasteiger partial charge is 0.490 e. The summed E-state index contributed by atoms with van der Waals surface area (Å²) in [7, 11) is 0. The summed E-state index contributed by atoms with van der Waals surface area (Å²) in [4.78, 5) is 19.2. The van der Waals surface area contributed by atoms with Gasteiger partial charge in [-0.15, -0.1) is 0 Å². The van der Waals surface area contributed by atoms with Crippen LogP contribution in [0.25, 0.3) is 0 Å². The van der Waals surface area contributed by atoms with Crippen molar-refractivity contribution in [3.63, 3.8) is 0 Å². The summed E-state index contributed by atoms with van der Waals surface area (Å²) in [5, 5.41) is 7.12. The Bertz CT molecular complexity index is 462. The van der Waals surface area contributed by atoms with E-state index < -0.39 is 18.2 Å². The van der Waals surface area contributed by atoms with E-state index in [1.54, 1.807) is 0 Å². The number of hydrogen-bond acceptors (Lipinski definition) is 4. The molecule has 0 spiro atoms. The van der Waals surface area contributed by atoms with Gasteiger partial charge in [-0.25, -0.2) is 4.79 Å². The third-order valence-electron chi connectivity index (χ3n) is 5.87. The number of nitrogens with two attached hydrogens (primary N) is 1. The zero-order chi connectivity index (χ0) is 26.6. The van der Waals surface area contributed by atoms with E-state index in [2.05, 4.69) is 6.92 Å². The lowest BCUT2D eigenvalue weighted by Gasteiger charge is -2.06. The quantitative estimate of drug-likeness (QED) is 0.101. The van der Waals surface area contributed by atoms with Gasteiger partial charge in [-0.3, -0.25) is 0 Å². The lowest BCUT2D eigenvalue weighted by molar-refractivity contribution is -0.192. The molecular formula is C27H52F3NO4. The number of halogens is 3. The molecule has 1 unspecified atom stereocenters. The fraction of sp³-hybridized carbons (Fsp3) is 0.926. The Kier molecular flexibility index (Phi) is 28.2. The first-order valence-corrected chi connectivity index (χ1v) is 13.8. The maximum atomic E-state index is 10.6. The highest BCUT2D eigenvalue weighted by Crippen LogP contribution is 2.15. The fourth-order valence-electron chi connectivity index (χ4n) is 3.72. The van der Waals surface area contributed by atoms with Crippen molar-refractivity contribution in [2.75, 3.05) is 13.2 Å². The number of carbonyl (C=O) groups is 2. The number of ether oxygens (including phenoxy) is 1. The van der Waals surface area contributed by atoms with Gasteiger partial charge in [-0.2, -0.15) is 13.2 Å². The molecule has 0 radical (unpaired) electrons. The first kappa shape index (κ1) is 36.0. The highest BCUT2D eigenvalue weighted by atomic mass is 19.4. The predicted octanol–water partition coefficient (Wildman–Crippen LogP) is 7.98. The molecule has 210 valence electrons. The van der Waals surface area contributed by atoms with Crippen molar-refractivity contribution >= 4 is 12.3 Å². The molecule has 0 aliphatic carbocycles. The van der Waals surface area contributed by atoms with Crippen LogP contribution >= 0.6 is 0 Å². The SMILES string of the molecule is CCCCCCCCCCCCCCCCCCCCCCOCC(N)C=O.O=C(O)C(F)(F)F. The van der Waals surface area contributed by atoms with Crippen LogP contribution in [0.4, 0.5) is 13.2 Å². The molecule has 0 aromatic rings. The number of carboxylic acids is 1. The summed E-state index contributed by atoms with van der Waals surface area (Å²) < 4.78 is 37.1. The molecule has 1 atom stereocenters. The van der Waals surface area contributed by atoms with Gasteiger partial charge in [-0.1, -0.05) is 129 Å². The van der Waals surface area contributed by atoms with Crippen LogP contribution in [-0.2, 0) is 14.3 Å². The zero-order valence-electron chi connectivity index (χ0n) is 22.1. The number of carbonyl (C=O) groups excluding carboxylic acids is 1. The van der Waals surface area contributed by atoms with Gasteiger partial charge in [0.25, 0.3) is 0 Å². The van der Waals surface area contributed by atoms with E-state index in [0.29, 0.717) is 6.61 Å². The minimum absolute atomic E-state index is 0.364. The molecule has 0 saturated heterocycles. The molecular weight excluding hydrogens is 459 g/mol. The molecule has 3 N–H and O–H groups in total. The van der Waals surface area contributed by atoms with E-state index in [4.69, 9.17) is 20.4 Å². The van der Waals surface area contributed by atoms with Gasteiger partial charge in [0.15, 0.2) is 0 Å². The molecule has 0 amide bonds. The van der Waals surface area contributed by atoms with Crippen LogP contribution in [-0.4, -0.2) is 42.8 Å². The molecule has 0 saturated carbocycles. The number of hydrogen-bond donors (Lipinski definition) is 2. The summed E-state index contributed by atoms with van der Waals surface area (Å²) in [6, 6.07) is -0.454. The number of unbranched alkanes of at least 4 members (excludes halogenated alkanes) is 19. The average Bonchev–Trinajstić information content (AvgIpc) is 2.82. The highest BCUT2D eigenvalue weighted by Gasteiger charge is 2.38.